The van der Waals surface area contributed by atoms with E-state index in [0.29, 0.717) is 13.1 Å². The molecule has 0 N–H and O–H groups in total. The molecule has 0 bridgehead atoms. The molecule has 4 rings (SSSR count). The van der Waals surface area contributed by atoms with Gasteiger partial charge in [-0.25, -0.2) is 4.39 Å². The van der Waals surface area contributed by atoms with Crippen molar-refractivity contribution >= 4 is 11.8 Å². The van der Waals surface area contributed by atoms with Crippen LogP contribution in [0.3, 0.4) is 0 Å². The highest BCUT2D eigenvalue weighted by Gasteiger charge is 2.37. The molecule has 3 saturated heterocycles. The number of benzene rings is 1. The molecule has 7 heteroatoms. The van der Waals surface area contributed by atoms with E-state index in [1.807, 2.05) is 9.80 Å². The first kappa shape index (κ1) is 23.2. The second-order valence-corrected chi connectivity index (χ2v) is 9.67. The maximum atomic E-state index is 13.2. The van der Waals surface area contributed by atoms with Crippen LogP contribution in [0, 0.1) is 11.7 Å². The molecular formula is C25H37FN4O2. The summed E-state index contributed by atoms with van der Waals surface area (Å²) in [7, 11) is 0. The third kappa shape index (κ3) is 5.67. The molecule has 3 heterocycles. The molecule has 0 unspecified atom stereocenters. The van der Waals surface area contributed by atoms with E-state index in [1.54, 1.807) is 12.1 Å². The molecule has 6 nitrogen and oxygen atoms in total. The Morgan fingerprint density at radius 2 is 1.72 bits per heavy atom. The number of amides is 2. The zero-order valence-electron chi connectivity index (χ0n) is 19.3. The van der Waals surface area contributed by atoms with E-state index in [2.05, 4.69) is 16.7 Å². The van der Waals surface area contributed by atoms with Crippen molar-refractivity contribution in [2.24, 2.45) is 5.92 Å². The van der Waals surface area contributed by atoms with E-state index >= 15 is 0 Å². The number of nitrogens with zero attached hydrogens (tertiary/aromatic N) is 4. The van der Waals surface area contributed by atoms with Gasteiger partial charge in [-0.3, -0.25) is 14.5 Å². The second kappa shape index (κ2) is 10.8. The molecular weight excluding hydrogens is 407 g/mol. The van der Waals surface area contributed by atoms with Gasteiger partial charge in [-0.15, -0.1) is 0 Å². The Bertz CT molecular complexity index is 781. The summed E-state index contributed by atoms with van der Waals surface area (Å²) >= 11 is 0. The Hall–Kier alpha value is -1.99. The van der Waals surface area contributed by atoms with Gasteiger partial charge in [0, 0.05) is 51.7 Å². The number of hydrogen-bond acceptors (Lipinski definition) is 4. The van der Waals surface area contributed by atoms with Crippen LogP contribution in [0.1, 0.15) is 44.6 Å². The molecule has 1 aromatic rings. The fraction of sp³-hybridized carbons (Fsp3) is 0.680. The van der Waals surface area contributed by atoms with Crippen LogP contribution in [0.4, 0.5) is 4.39 Å². The largest absolute Gasteiger partial charge is 0.341 e. The van der Waals surface area contributed by atoms with E-state index in [1.165, 1.54) is 31.4 Å². The Morgan fingerprint density at radius 1 is 0.969 bits per heavy atom. The minimum absolute atomic E-state index is 0.0268. The standard InChI is InChI=1S/C25H37FN4O2/c1-20(18-27-11-3-2-4-12-27)24(31)29-14-5-13-28(16-17-29)23-10-15-30(25(23)32)19-21-6-8-22(26)9-7-21/h6-9,20,23H,2-5,10-19H2,1H3/t20-,23-/m0/s1. The van der Waals surface area contributed by atoms with Gasteiger partial charge in [-0.2, -0.15) is 0 Å². The number of piperidine rings is 1. The van der Waals surface area contributed by atoms with Gasteiger partial charge in [0.2, 0.25) is 11.8 Å². The summed E-state index contributed by atoms with van der Waals surface area (Å²) in [6, 6.07) is 6.28. The first-order chi connectivity index (χ1) is 15.5. The lowest BCUT2D eigenvalue weighted by molar-refractivity contribution is -0.135. The van der Waals surface area contributed by atoms with Gasteiger partial charge in [-0.05, 0) is 56.5 Å². The van der Waals surface area contributed by atoms with Crippen molar-refractivity contribution < 1.29 is 14.0 Å². The predicted molar refractivity (Wildman–Crippen MR) is 122 cm³/mol. The maximum absolute atomic E-state index is 13.2. The van der Waals surface area contributed by atoms with Crippen LogP contribution >= 0.6 is 0 Å². The SMILES string of the molecule is C[C@@H](CN1CCCCC1)C(=O)N1CCCN([C@H]2CCN(Cc3ccc(F)cc3)C2=O)CC1. The number of halogens is 1. The van der Waals surface area contributed by atoms with Crippen LogP contribution in [0.25, 0.3) is 0 Å². The van der Waals surface area contributed by atoms with Crippen molar-refractivity contribution in [2.75, 3.05) is 52.4 Å². The van der Waals surface area contributed by atoms with Gasteiger partial charge in [0.05, 0.1) is 6.04 Å². The molecule has 0 aromatic heterocycles. The van der Waals surface area contributed by atoms with Gasteiger partial charge < -0.3 is 14.7 Å². The Balaban J connectivity index is 1.27. The smallest absolute Gasteiger partial charge is 0.240 e. The number of likely N-dealkylation sites (tertiary alicyclic amines) is 2. The summed E-state index contributed by atoms with van der Waals surface area (Å²) in [5, 5.41) is 0. The summed E-state index contributed by atoms with van der Waals surface area (Å²) in [6.45, 7) is 9.49. The number of rotatable bonds is 6. The normalized spacial score (nSPS) is 24.6. The Morgan fingerprint density at radius 3 is 2.47 bits per heavy atom. The van der Waals surface area contributed by atoms with Gasteiger partial charge in [0.1, 0.15) is 5.82 Å². The number of carbonyl (C=O) groups is 2. The lowest BCUT2D eigenvalue weighted by atomic mass is 10.1. The molecule has 0 radical (unpaired) electrons. The van der Waals surface area contributed by atoms with Crippen LogP contribution in [-0.4, -0.2) is 89.8 Å². The Labute approximate surface area is 191 Å². The fourth-order valence-electron chi connectivity index (χ4n) is 5.42. The lowest BCUT2D eigenvalue weighted by Crippen LogP contribution is -2.45. The van der Waals surface area contributed by atoms with Crippen LogP contribution in [0.2, 0.25) is 0 Å². The van der Waals surface area contributed by atoms with Gasteiger partial charge >= 0.3 is 0 Å². The quantitative estimate of drug-likeness (QED) is 0.677. The summed E-state index contributed by atoms with van der Waals surface area (Å²) in [5.74, 6) is 0.188. The lowest BCUT2D eigenvalue weighted by Gasteiger charge is -2.31. The molecule has 0 spiro atoms. The van der Waals surface area contributed by atoms with Gasteiger partial charge in [-0.1, -0.05) is 25.5 Å². The summed E-state index contributed by atoms with van der Waals surface area (Å²) in [5.41, 5.74) is 0.954. The highest BCUT2D eigenvalue weighted by atomic mass is 19.1. The molecule has 0 saturated carbocycles. The molecule has 176 valence electrons. The third-order valence-corrected chi connectivity index (χ3v) is 7.24. The van der Waals surface area contributed by atoms with Gasteiger partial charge in [0.25, 0.3) is 0 Å². The van der Waals surface area contributed by atoms with Crippen LogP contribution in [-0.2, 0) is 16.1 Å². The summed E-state index contributed by atoms with van der Waals surface area (Å²) < 4.78 is 13.2. The molecule has 32 heavy (non-hydrogen) atoms. The zero-order chi connectivity index (χ0) is 22.5. The molecule has 3 fully saturated rings. The minimum atomic E-state index is -0.256. The summed E-state index contributed by atoms with van der Waals surface area (Å²) in [6.07, 6.45) is 5.52. The van der Waals surface area contributed by atoms with E-state index in [0.717, 1.165) is 64.2 Å². The van der Waals surface area contributed by atoms with Gasteiger partial charge in [0.15, 0.2) is 0 Å². The first-order valence-corrected chi connectivity index (χ1v) is 12.3. The van der Waals surface area contributed by atoms with E-state index in [-0.39, 0.29) is 29.6 Å². The third-order valence-electron chi connectivity index (χ3n) is 7.24. The van der Waals surface area contributed by atoms with Crippen molar-refractivity contribution in [3.05, 3.63) is 35.6 Å². The molecule has 3 aliphatic rings. The molecule has 3 aliphatic heterocycles. The monoisotopic (exact) mass is 444 g/mol. The van der Waals surface area contributed by atoms with Crippen molar-refractivity contribution in [3.63, 3.8) is 0 Å². The van der Waals surface area contributed by atoms with Crippen molar-refractivity contribution in [1.29, 1.82) is 0 Å². The highest BCUT2D eigenvalue weighted by molar-refractivity contribution is 5.84. The van der Waals surface area contributed by atoms with Crippen LogP contribution < -0.4 is 0 Å². The van der Waals surface area contributed by atoms with Crippen molar-refractivity contribution in [1.82, 2.24) is 19.6 Å². The average molecular weight is 445 g/mol. The molecule has 1 aromatic carbocycles. The minimum Gasteiger partial charge on any atom is -0.341 e. The molecule has 2 atom stereocenters. The topological polar surface area (TPSA) is 47.1 Å². The molecule has 0 aliphatic carbocycles. The van der Waals surface area contributed by atoms with E-state index in [4.69, 9.17) is 0 Å². The maximum Gasteiger partial charge on any atom is 0.240 e. The summed E-state index contributed by atoms with van der Waals surface area (Å²) in [4.78, 5) is 34.7. The fourth-order valence-corrected chi connectivity index (χ4v) is 5.42. The van der Waals surface area contributed by atoms with E-state index < -0.39 is 0 Å². The van der Waals surface area contributed by atoms with Crippen LogP contribution in [0.5, 0.6) is 0 Å². The second-order valence-electron chi connectivity index (χ2n) is 9.67. The zero-order valence-corrected chi connectivity index (χ0v) is 19.3. The number of hydrogen-bond donors (Lipinski definition) is 0. The van der Waals surface area contributed by atoms with Crippen molar-refractivity contribution in [3.8, 4) is 0 Å². The van der Waals surface area contributed by atoms with E-state index in [9.17, 15) is 14.0 Å². The predicted octanol–water partition coefficient (Wildman–Crippen LogP) is 2.58. The molecule has 2 amide bonds. The first-order valence-electron chi connectivity index (χ1n) is 12.3. The number of carbonyl (C=O) groups excluding carboxylic acids is 2. The highest BCUT2D eigenvalue weighted by Crippen LogP contribution is 2.22. The average Bonchev–Trinajstić information content (AvgIpc) is 3.00. The Kier molecular flexibility index (Phi) is 7.79. The van der Waals surface area contributed by atoms with Crippen molar-refractivity contribution in [2.45, 2.75) is 51.6 Å². The van der Waals surface area contributed by atoms with Crippen LogP contribution in [0.15, 0.2) is 24.3 Å².